The largest absolute Gasteiger partial charge is 0.389 e. The number of rotatable bonds is 5. The first-order valence-electron chi connectivity index (χ1n) is 10.4. The maximum atomic E-state index is 13.6. The third-order valence-electron chi connectivity index (χ3n) is 5.44. The lowest BCUT2D eigenvalue weighted by Crippen LogP contribution is -2.62. The molecule has 0 radical (unpaired) electrons. The fourth-order valence-corrected chi connectivity index (χ4v) is 3.54. The van der Waals surface area contributed by atoms with Gasteiger partial charge in [-0.3, -0.25) is 10.2 Å². The molecule has 4 N–H and O–H groups in total. The summed E-state index contributed by atoms with van der Waals surface area (Å²) in [7, 11) is 0. The number of halogens is 2. The van der Waals surface area contributed by atoms with E-state index in [2.05, 4.69) is 10.6 Å². The molecular formula is C22H28F2N4O4. The van der Waals surface area contributed by atoms with Gasteiger partial charge in [0.05, 0.1) is 25.0 Å². The molecule has 1 atom stereocenters. The van der Waals surface area contributed by atoms with Gasteiger partial charge in [-0.2, -0.15) is 0 Å². The molecule has 32 heavy (non-hydrogen) atoms. The zero-order valence-corrected chi connectivity index (χ0v) is 18.3. The zero-order chi connectivity index (χ0) is 23.6. The zero-order valence-electron chi connectivity index (χ0n) is 18.3. The van der Waals surface area contributed by atoms with Gasteiger partial charge in [-0.05, 0) is 23.6 Å². The third-order valence-corrected chi connectivity index (χ3v) is 5.44. The van der Waals surface area contributed by atoms with E-state index in [4.69, 9.17) is 10.1 Å². The number of aliphatic hydroxyl groups is 1. The van der Waals surface area contributed by atoms with E-state index in [9.17, 15) is 23.5 Å². The van der Waals surface area contributed by atoms with Gasteiger partial charge in [-0.25, -0.2) is 13.6 Å². The van der Waals surface area contributed by atoms with Crippen LogP contribution >= 0.6 is 0 Å². The van der Waals surface area contributed by atoms with E-state index in [1.165, 1.54) is 11.0 Å². The molecular weight excluding hydrogens is 422 g/mol. The lowest BCUT2D eigenvalue weighted by molar-refractivity contribution is -0.145. The van der Waals surface area contributed by atoms with E-state index >= 15 is 0 Å². The van der Waals surface area contributed by atoms with Crippen molar-refractivity contribution in [1.29, 1.82) is 5.41 Å². The predicted octanol–water partition coefficient (Wildman–Crippen LogP) is 1.92. The van der Waals surface area contributed by atoms with Crippen LogP contribution in [-0.4, -0.2) is 66.1 Å². The van der Waals surface area contributed by atoms with Gasteiger partial charge < -0.3 is 25.4 Å². The number of benzene rings is 1. The molecule has 10 heteroatoms. The molecule has 1 aromatic rings. The van der Waals surface area contributed by atoms with Crippen molar-refractivity contribution in [3.8, 4) is 0 Å². The van der Waals surface area contributed by atoms with Crippen molar-refractivity contribution in [2.24, 2.45) is 5.41 Å². The Morgan fingerprint density at radius 1 is 1.25 bits per heavy atom. The summed E-state index contributed by atoms with van der Waals surface area (Å²) in [5.41, 5.74) is 0.255. The number of nitrogens with one attached hydrogen (secondary N) is 3. The van der Waals surface area contributed by atoms with Crippen LogP contribution in [0.1, 0.15) is 32.8 Å². The van der Waals surface area contributed by atoms with Crippen molar-refractivity contribution in [3.63, 3.8) is 0 Å². The van der Waals surface area contributed by atoms with Gasteiger partial charge in [0, 0.05) is 36.3 Å². The van der Waals surface area contributed by atoms with Crippen molar-refractivity contribution < 1.29 is 28.2 Å². The van der Waals surface area contributed by atoms with E-state index < -0.39 is 35.2 Å². The minimum atomic E-state index is -1.07. The number of likely N-dealkylation sites (tertiary alicyclic amines) is 1. The number of hydrogen-bond acceptors (Lipinski definition) is 5. The maximum Gasteiger partial charge on any atom is 0.319 e. The van der Waals surface area contributed by atoms with Crippen LogP contribution in [0.15, 0.2) is 29.5 Å². The minimum Gasteiger partial charge on any atom is -0.389 e. The highest BCUT2D eigenvalue weighted by atomic mass is 19.2. The summed E-state index contributed by atoms with van der Waals surface area (Å²) in [4.78, 5) is 27.1. The van der Waals surface area contributed by atoms with Crippen LogP contribution in [0.2, 0.25) is 0 Å². The van der Waals surface area contributed by atoms with E-state index in [1.807, 2.05) is 20.8 Å². The Morgan fingerprint density at radius 2 is 1.94 bits per heavy atom. The first-order valence-corrected chi connectivity index (χ1v) is 10.4. The Hall–Kier alpha value is -2.85. The molecule has 0 saturated carbocycles. The number of nitrogens with zero attached hydrogens (tertiary/aromatic N) is 1. The van der Waals surface area contributed by atoms with E-state index in [0.29, 0.717) is 24.3 Å². The van der Waals surface area contributed by atoms with Crippen molar-refractivity contribution >= 4 is 17.6 Å². The first-order chi connectivity index (χ1) is 15.0. The number of carbonyl (C=O) groups excluding carboxylic acids is 2. The number of β-amino-alcohol motifs (C(OH)–C–C–N with tert-alkyl or cyclic N) is 1. The van der Waals surface area contributed by atoms with E-state index in [-0.39, 0.29) is 36.9 Å². The normalized spacial score (nSPS) is 18.1. The molecule has 1 aromatic carbocycles. The van der Waals surface area contributed by atoms with E-state index in [0.717, 1.165) is 12.1 Å². The molecule has 0 aromatic heterocycles. The van der Waals surface area contributed by atoms with Gasteiger partial charge in [-0.15, -0.1) is 0 Å². The molecule has 1 saturated heterocycles. The molecule has 1 fully saturated rings. The lowest BCUT2D eigenvalue weighted by atomic mass is 9.85. The third kappa shape index (κ3) is 5.31. The number of urea groups is 1. The Balaban J connectivity index is 1.77. The molecule has 3 rings (SSSR count). The summed E-state index contributed by atoms with van der Waals surface area (Å²) in [6.07, 6.45) is -0.244. The molecule has 2 heterocycles. The molecule has 0 aliphatic carbocycles. The van der Waals surface area contributed by atoms with Crippen LogP contribution < -0.4 is 10.6 Å². The van der Waals surface area contributed by atoms with Gasteiger partial charge in [0.25, 0.3) is 0 Å². The van der Waals surface area contributed by atoms with Crippen LogP contribution in [0.3, 0.4) is 0 Å². The van der Waals surface area contributed by atoms with Gasteiger partial charge >= 0.3 is 6.03 Å². The standard InChI is InChI=1S/C22H28F2N4O4/c1-22(2,3)19(20(30)28-9-13(29)10-28)27-21(31)26-17-6-7-32-11-14(17)18(25)12-4-5-15(23)16(24)8-12/h4-5,8,13,19,25,29H,6-7,9-11H2,1-3H3,(H2,26,27,31)/t19-/m1/s1. The number of ether oxygens (including phenoxy) is 1. The van der Waals surface area contributed by atoms with Crippen LogP contribution in [0.5, 0.6) is 0 Å². The fraction of sp³-hybridized carbons (Fsp3) is 0.500. The monoisotopic (exact) mass is 450 g/mol. The van der Waals surface area contributed by atoms with Gasteiger partial charge in [0.1, 0.15) is 6.04 Å². The van der Waals surface area contributed by atoms with Gasteiger partial charge in [0.15, 0.2) is 11.6 Å². The first kappa shape index (κ1) is 23.8. The second kappa shape index (κ2) is 9.33. The highest BCUT2D eigenvalue weighted by molar-refractivity contribution is 6.11. The molecule has 2 aliphatic rings. The second-order valence-electron chi connectivity index (χ2n) is 9.06. The Kier molecular flexibility index (Phi) is 6.94. The fourth-order valence-electron chi connectivity index (χ4n) is 3.54. The Morgan fingerprint density at radius 3 is 2.53 bits per heavy atom. The molecule has 2 aliphatic heterocycles. The van der Waals surface area contributed by atoms with Crippen molar-refractivity contribution in [1.82, 2.24) is 15.5 Å². The quantitative estimate of drug-likeness (QED) is 0.513. The second-order valence-corrected chi connectivity index (χ2v) is 9.06. The maximum absolute atomic E-state index is 13.6. The van der Waals surface area contributed by atoms with Crippen molar-refractivity contribution in [3.05, 3.63) is 46.7 Å². The molecule has 0 spiro atoms. The lowest BCUT2D eigenvalue weighted by Gasteiger charge is -2.41. The predicted molar refractivity (Wildman–Crippen MR) is 113 cm³/mol. The van der Waals surface area contributed by atoms with Crippen LogP contribution in [0.4, 0.5) is 13.6 Å². The van der Waals surface area contributed by atoms with Crippen LogP contribution in [0.25, 0.3) is 0 Å². The average Bonchev–Trinajstić information content (AvgIpc) is 2.70. The average molecular weight is 450 g/mol. The highest BCUT2D eigenvalue weighted by Gasteiger charge is 2.40. The molecule has 8 nitrogen and oxygen atoms in total. The number of amides is 3. The summed E-state index contributed by atoms with van der Waals surface area (Å²) in [6.45, 7) is 6.27. The van der Waals surface area contributed by atoms with Crippen molar-refractivity contribution in [2.45, 2.75) is 39.3 Å². The highest BCUT2D eigenvalue weighted by Crippen LogP contribution is 2.24. The van der Waals surface area contributed by atoms with Crippen LogP contribution in [-0.2, 0) is 9.53 Å². The van der Waals surface area contributed by atoms with Crippen LogP contribution in [0, 0.1) is 22.5 Å². The molecule has 0 bridgehead atoms. The number of carbonyl (C=O) groups is 2. The number of aliphatic hydroxyl groups excluding tert-OH is 1. The minimum absolute atomic E-state index is 0.0285. The number of hydrogen-bond donors (Lipinski definition) is 4. The van der Waals surface area contributed by atoms with Gasteiger partial charge in [-0.1, -0.05) is 20.8 Å². The summed E-state index contributed by atoms with van der Waals surface area (Å²) in [6, 6.07) is 1.70. The summed E-state index contributed by atoms with van der Waals surface area (Å²) >= 11 is 0. The topological polar surface area (TPSA) is 115 Å². The SMILES string of the molecule is CC(C)(C)[C@H](NC(=O)NC1=C(C(=N)c2ccc(F)c(F)c2)COCC1)C(=O)N1CC(O)C1. The Labute approximate surface area is 185 Å². The molecule has 0 unspecified atom stereocenters. The summed E-state index contributed by atoms with van der Waals surface area (Å²) < 4.78 is 32.3. The molecule has 3 amide bonds. The van der Waals surface area contributed by atoms with Gasteiger partial charge in [0.2, 0.25) is 5.91 Å². The van der Waals surface area contributed by atoms with E-state index in [1.54, 1.807) is 0 Å². The Bertz CT molecular complexity index is 952. The smallest absolute Gasteiger partial charge is 0.319 e. The van der Waals surface area contributed by atoms with Crippen molar-refractivity contribution in [2.75, 3.05) is 26.3 Å². The molecule has 174 valence electrons. The summed E-state index contributed by atoms with van der Waals surface area (Å²) in [5.74, 6) is -2.37. The summed E-state index contributed by atoms with van der Waals surface area (Å²) in [5, 5.41) is 23.3.